The molecule has 2 saturated carbocycles. The number of likely N-dealkylation sites (tertiary alicyclic amines) is 1. The summed E-state index contributed by atoms with van der Waals surface area (Å²) in [5.41, 5.74) is 1.32. The number of anilines is 1. The van der Waals surface area contributed by atoms with Crippen LogP contribution in [-0.4, -0.2) is 44.6 Å². The number of nitrogens with one attached hydrogen (secondary N) is 2. The van der Waals surface area contributed by atoms with Crippen LogP contribution in [0, 0.1) is 16.6 Å². The summed E-state index contributed by atoms with van der Waals surface area (Å²) in [6, 6.07) is 7.79. The zero-order valence-corrected chi connectivity index (χ0v) is 18.0. The molecule has 2 unspecified atom stereocenters. The van der Waals surface area contributed by atoms with Gasteiger partial charge in [0.1, 0.15) is 5.82 Å². The Hall–Kier alpha value is -2.48. The van der Waals surface area contributed by atoms with Gasteiger partial charge in [-0.1, -0.05) is 13.0 Å². The second-order valence-corrected chi connectivity index (χ2v) is 9.33. The molecule has 158 valence electrons. The molecule has 1 aromatic heterocycles. The predicted octanol–water partition coefficient (Wildman–Crippen LogP) is 3.89. The summed E-state index contributed by atoms with van der Waals surface area (Å²) in [5.74, 6) is 2.02. The third kappa shape index (κ3) is 3.80. The minimum atomic E-state index is 0.0189. The number of rotatable bonds is 5. The lowest BCUT2D eigenvalue weighted by Crippen LogP contribution is -2.38. The molecule has 1 aliphatic heterocycles. The number of aromatic nitrogens is 3. The van der Waals surface area contributed by atoms with E-state index in [1.165, 1.54) is 12.8 Å². The largest absolute Gasteiger partial charge is 0.339 e. The maximum Gasteiger partial charge on any atom is 0.253 e. The zero-order chi connectivity index (χ0) is 20.8. The number of carbonyl (C=O) groups excluding carboxylic acids is 2. The molecule has 1 aromatic carbocycles. The van der Waals surface area contributed by atoms with E-state index in [0.717, 1.165) is 25.1 Å². The first-order chi connectivity index (χ1) is 14.5. The van der Waals surface area contributed by atoms with Gasteiger partial charge in [0, 0.05) is 42.2 Å². The van der Waals surface area contributed by atoms with Gasteiger partial charge in [-0.3, -0.25) is 14.7 Å². The van der Waals surface area contributed by atoms with Crippen molar-refractivity contribution in [3.8, 4) is 0 Å². The van der Waals surface area contributed by atoms with Crippen molar-refractivity contribution in [2.75, 3.05) is 18.4 Å². The van der Waals surface area contributed by atoms with Crippen LogP contribution in [0.25, 0.3) is 0 Å². The number of amides is 2. The Morgan fingerprint density at radius 3 is 2.60 bits per heavy atom. The Bertz CT molecular complexity index is 1030. The second-order valence-electron chi connectivity index (χ2n) is 8.94. The van der Waals surface area contributed by atoms with E-state index in [9.17, 15) is 9.59 Å². The van der Waals surface area contributed by atoms with Crippen LogP contribution < -0.4 is 5.32 Å². The van der Waals surface area contributed by atoms with E-state index in [0.29, 0.717) is 47.0 Å². The fraction of sp³-hybridized carbons (Fsp3) is 0.545. The van der Waals surface area contributed by atoms with Crippen LogP contribution in [0.2, 0.25) is 0 Å². The smallest absolute Gasteiger partial charge is 0.253 e. The van der Waals surface area contributed by atoms with Gasteiger partial charge in [0.25, 0.3) is 5.91 Å². The van der Waals surface area contributed by atoms with Crippen molar-refractivity contribution >= 4 is 29.7 Å². The van der Waals surface area contributed by atoms with Gasteiger partial charge in [-0.25, -0.2) is 0 Å². The molecule has 0 bridgehead atoms. The number of hydrogen-bond donors (Lipinski definition) is 2. The van der Waals surface area contributed by atoms with Crippen molar-refractivity contribution in [1.82, 2.24) is 19.7 Å². The lowest BCUT2D eigenvalue weighted by atomic mass is 9.95. The van der Waals surface area contributed by atoms with Crippen molar-refractivity contribution in [3.63, 3.8) is 0 Å². The molecule has 0 spiro atoms. The van der Waals surface area contributed by atoms with Crippen molar-refractivity contribution in [2.45, 2.75) is 51.0 Å². The topological polar surface area (TPSA) is 83.0 Å². The Kier molecular flexibility index (Phi) is 4.97. The van der Waals surface area contributed by atoms with Gasteiger partial charge in [0.05, 0.1) is 0 Å². The molecule has 2 amide bonds. The molecular formula is C22H27N5O2S. The average Bonchev–Trinajstić information content (AvgIpc) is 3.68. The molecule has 1 saturated heterocycles. The zero-order valence-electron chi connectivity index (χ0n) is 17.1. The van der Waals surface area contributed by atoms with Crippen LogP contribution in [0.4, 0.5) is 5.69 Å². The Balaban J connectivity index is 1.22. The SMILES string of the molecule is CC1CC1C(=O)Nc1cccc(C(=O)N2CCC(c3n[nH]c(=S)n3C3CC3)CC2)c1. The fourth-order valence-corrected chi connectivity index (χ4v) is 4.75. The molecule has 8 heteroatoms. The Morgan fingerprint density at radius 1 is 1.20 bits per heavy atom. The number of nitrogens with zero attached hydrogens (tertiary/aromatic N) is 3. The fourth-order valence-electron chi connectivity index (χ4n) is 4.47. The van der Waals surface area contributed by atoms with Crippen LogP contribution in [0.3, 0.4) is 0 Å². The second kappa shape index (κ2) is 7.65. The van der Waals surface area contributed by atoms with Gasteiger partial charge < -0.3 is 14.8 Å². The van der Waals surface area contributed by atoms with E-state index in [1.54, 1.807) is 6.07 Å². The van der Waals surface area contributed by atoms with E-state index in [1.807, 2.05) is 23.1 Å². The first-order valence-electron chi connectivity index (χ1n) is 10.9. The van der Waals surface area contributed by atoms with Gasteiger partial charge in [0.2, 0.25) is 5.91 Å². The summed E-state index contributed by atoms with van der Waals surface area (Å²) in [6.07, 6.45) is 5.06. The summed E-state index contributed by atoms with van der Waals surface area (Å²) in [4.78, 5) is 27.1. The van der Waals surface area contributed by atoms with Gasteiger partial charge in [-0.2, -0.15) is 5.10 Å². The minimum Gasteiger partial charge on any atom is -0.339 e. The molecule has 2 aliphatic carbocycles. The molecule has 2 N–H and O–H groups in total. The molecule has 2 heterocycles. The van der Waals surface area contributed by atoms with Crippen LogP contribution >= 0.6 is 12.2 Å². The van der Waals surface area contributed by atoms with Crippen LogP contribution in [0.15, 0.2) is 24.3 Å². The quantitative estimate of drug-likeness (QED) is 0.712. The number of carbonyl (C=O) groups is 2. The highest BCUT2D eigenvalue weighted by Gasteiger charge is 2.39. The molecule has 7 nitrogen and oxygen atoms in total. The highest BCUT2D eigenvalue weighted by Crippen LogP contribution is 2.39. The van der Waals surface area contributed by atoms with Gasteiger partial charge in [0.15, 0.2) is 4.77 Å². The molecule has 30 heavy (non-hydrogen) atoms. The molecule has 2 aromatic rings. The van der Waals surface area contributed by atoms with E-state index in [4.69, 9.17) is 12.2 Å². The number of H-pyrrole nitrogens is 1. The highest BCUT2D eigenvalue weighted by molar-refractivity contribution is 7.71. The predicted molar refractivity (Wildman–Crippen MR) is 116 cm³/mol. The molecule has 3 fully saturated rings. The summed E-state index contributed by atoms with van der Waals surface area (Å²) < 4.78 is 2.90. The molecular weight excluding hydrogens is 398 g/mol. The van der Waals surface area contributed by atoms with Crippen molar-refractivity contribution < 1.29 is 9.59 Å². The number of hydrogen-bond acceptors (Lipinski definition) is 4. The summed E-state index contributed by atoms with van der Waals surface area (Å²) in [6.45, 7) is 3.48. The first kappa shape index (κ1) is 19.5. The molecule has 5 rings (SSSR count). The summed E-state index contributed by atoms with van der Waals surface area (Å²) in [5, 5.41) is 10.4. The van der Waals surface area contributed by atoms with Crippen molar-refractivity contribution in [1.29, 1.82) is 0 Å². The van der Waals surface area contributed by atoms with E-state index >= 15 is 0 Å². The standard InChI is InChI=1S/C22H27N5O2S/c1-13-11-18(13)20(28)23-16-4-2-3-15(12-16)21(29)26-9-7-14(8-10-26)19-24-25-22(30)27(19)17-5-6-17/h2-4,12-14,17-18H,5-11H2,1H3,(H,23,28)(H,25,30). The third-order valence-electron chi connectivity index (χ3n) is 6.61. The van der Waals surface area contributed by atoms with E-state index in [2.05, 4.69) is 27.0 Å². The molecule has 2 atom stereocenters. The minimum absolute atomic E-state index is 0.0189. The first-order valence-corrected chi connectivity index (χ1v) is 11.3. The number of benzene rings is 1. The van der Waals surface area contributed by atoms with Crippen LogP contribution in [0.1, 0.15) is 67.2 Å². The average molecular weight is 426 g/mol. The van der Waals surface area contributed by atoms with Gasteiger partial charge >= 0.3 is 0 Å². The van der Waals surface area contributed by atoms with Crippen LogP contribution in [-0.2, 0) is 4.79 Å². The highest BCUT2D eigenvalue weighted by atomic mass is 32.1. The lowest BCUT2D eigenvalue weighted by Gasteiger charge is -2.32. The normalized spacial score (nSPS) is 24.0. The van der Waals surface area contributed by atoms with E-state index in [-0.39, 0.29) is 17.7 Å². The lowest BCUT2D eigenvalue weighted by molar-refractivity contribution is -0.117. The van der Waals surface area contributed by atoms with Crippen molar-refractivity contribution in [2.24, 2.45) is 11.8 Å². The number of piperidine rings is 1. The van der Waals surface area contributed by atoms with Crippen LogP contribution in [0.5, 0.6) is 0 Å². The summed E-state index contributed by atoms with van der Waals surface area (Å²) >= 11 is 5.41. The summed E-state index contributed by atoms with van der Waals surface area (Å²) in [7, 11) is 0. The molecule has 3 aliphatic rings. The van der Waals surface area contributed by atoms with E-state index < -0.39 is 0 Å². The Labute approximate surface area is 180 Å². The van der Waals surface area contributed by atoms with Gasteiger partial charge in [-0.05, 0) is 68.4 Å². The monoisotopic (exact) mass is 425 g/mol. The Morgan fingerprint density at radius 2 is 1.93 bits per heavy atom. The van der Waals surface area contributed by atoms with Gasteiger partial charge in [-0.15, -0.1) is 0 Å². The maximum atomic E-state index is 13.0. The number of aromatic amines is 1. The van der Waals surface area contributed by atoms with Crippen molar-refractivity contribution in [3.05, 3.63) is 40.4 Å². The maximum absolute atomic E-state index is 13.0. The third-order valence-corrected chi connectivity index (χ3v) is 6.90. The molecule has 0 radical (unpaired) electrons.